The number of alkyl halides is 3. The summed E-state index contributed by atoms with van der Waals surface area (Å²) in [4.78, 5) is 34.0. The molecule has 2 aromatic heterocycles. The van der Waals surface area contributed by atoms with E-state index in [1.54, 1.807) is 9.80 Å². The number of amides is 2. The molecular formula is C21H21F3N6O3S. The second-order valence-corrected chi connectivity index (χ2v) is 9.88. The molecule has 13 heteroatoms. The number of hydrogen-bond acceptors (Lipinski definition) is 8. The van der Waals surface area contributed by atoms with E-state index in [0.717, 1.165) is 17.4 Å². The second-order valence-electron chi connectivity index (χ2n) is 9.00. The lowest BCUT2D eigenvalue weighted by Gasteiger charge is -2.60. The summed E-state index contributed by atoms with van der Waals surface area (Å²) in [5, 5.41) is 12.5. The normalized spacial score (nSPS) is 19.9. The fraction of sp³-hybridized carbons (Fsp3) is 0.524. The Labute approximate surface area is 196 Å². The third-order valence-corrected chi connectivity index (χ3v) is 7.46. The van der Waals surface area contributed by atoms with E-state index >= 15 is 0 Å². The van der Waals surface area contributed by atoms with Crippen LogP contribution >= 0.6 is 11.3 Å². The highest BCUT2D eigenvalue weighted by molar-refractivity contribution is 7.17. The maximum Gasteiger partial charge on any atom is 0.417 e. The first-order valence-electron chi connectivity index (χ1n) is 10.6. The summed E-state index contributed by atoms with van der Waals surface area (Å²) in [5.41, 5.74) is -0.844. The molecule has 3 fully saturated rings. The Hall–Kier alpha value is -3.11. The molecule has 0 saturated carbocycles. The second kappa shape index (κ2) is 7.99. The number of aromatic nitrogens is 1. The fourth-order valence-corrected chi connectivity index (χ4v) is 5.75. The number of nitrogens with zero attached hydrogens (tertiary/aromatic N) is 5. The molecular weight excluding hydrogens is 473 g/mol. The summed E-state index contributed by atoms with van der Waals surface area (Å²) in [5.74, 6) is -0.318. The first-order valence-corrected chi connectivity index (χ1v) is 11.5. The average molecular weight is 494 g/mol. The van der Waals surface area contributed by atoms with Crippen LogP contribution in [0.15, 0.2) is 11.4 Å². The van der Waals surface area contributed by atoms with Crippen molar-refractivity contribution in [3.8, 4) is 6.07 Å². The predicted molar refractivity (Wildman–Crippen MR) is 117 cm³/mol. The van der Waals surface area contributed by atoms with Gasteiger partial charge in [0.15, 0.2) is 0 Å². The van der Waals surface area contributed by atoms with Crippen LogP contribution in [-0.4, -0.2) is 85.7 Å². The molecule has 180 valence electrons. The largest absolute Gasteiger partial charge is 0.443 e. The van der Waals surface area contributed by atoms with Gasteiger partial charge in [0.05, 0.1) is 34.0 Å². The van der Waals surface area contributed by atoms with Crippen molar-refractivity contribution in [2.45, 2.75) is 12.3 Å². The first kappa shape index (κ1) is 22.7. The van der Waals surface area contributed by atoms with Crippen LogP contribution < -0.4 is 10.2 Å². The number of rotatable bonds is 4. The van der Waals surface area contributed by atoms with Gasteiger partial charge in [0.1, 0.15) is 11.9 Å². The number of hydrogen-bond donors (Lipinski definition) is 1. The molecule has 0 bridgehead atoms. The summed E-state index contributed by atoms with van der Waals surface area (Å²) < 4.78 is 46.6. The molecule has 2 aromatic rings. The monoisotopic (exact) mass is 494 g/mol. The minimum atomic E-state index is -4.58. The van der Waals surface area contributed by atoms with Crippen molar-refractivity contribution in [2.24, 2.45) is 5.41 Å². The molecule has 3 saturated heterocycles. The smallest absolute Gasteiger partial charge is 0.417 e. The highest BCUT2D eigenvalue weighted by Crippen LogP contribution is 2.45. The summed E-state index contributed by atoms with van der Waals surface area (Å²) in [7, 11) is 1.42. The van der Waals surface area contributed by atoms with Crippen molar-refractivity contribution in [3.05, 3.63) is 22.6 Å². The maximum absolute atomic E-state index is 13.7. The lowest BCUT2D eigenvalue weighted by Crippen LogP contribution is -2.73. The molecule has 2 amide bonds. The van der Waals surface area contributed by atoms with Gasteiger partial charge in [0.25, 0.3) is 5.91 Å². The van der Waals surface area contributed by atoms with Crippen LogP contribution in [-0.2, 0) is 10.9 Å². The minimum Gasteiger partial charge on any atom is -0.443 e. The Morgan fingerprint density at radius 3 is 2.65 bits per heavy atom. The zero-order valence-corrected chi connectivity index (χ0v) is 19.0. The lowest BCUT2D eigenvalue weighted by molar-refractivity contribution is -0.136. The first-order chi connectivity index (χ1) is 16.1. The standard InChI is InChI=1S/C21H21F3N6O3S/c1-26-18(31)13-7-34-17-14(21(22,23)24)4-15(27-16(13)17)29-8-20(9-29)10-30(11-20)19(32)33-12-5-28(6-12)3-2-25/h4,7,12H,3,5-6,8-11H2,1H3,(H,26,31). The molecule has 5 rings (SSSR count). The number of halogens is 3. The molecule has 9 nitrogen and oxygen atoms in total. The topological polar surface area (TPSA) is 102 Å². The number of ether oxygens (including phenoxy) is 1. The highest BCUT2D eigenvalue weighted by Gasteiger charge is 2.54. The number of carbonyl (C=O) groups is 2. The van der Waals surface area contributed by atoms with Crippen molar-refractivity contribution < 1.29 is 27.5 Å². The van der Waals surface area contributed by atoms with Gasteiger partial charge in [-0.15, -0.1) is 11.3 Å². The number of pyridine rings is 1. The Morgan fingerprint density at radius 1 is 1.32 bits per heavy atom. The van der Waals surface area contributed by atoms with Gasteiger partial charge in [-0.25, -0.2) is 9.78 Å². The molecule has 3 aliphatic heterocycles. The molecule has 0 unspecified atom stereocenters. The van der Waals surface area contributed by atoms with Crippen molar-refractivity contribution in [2.75, 3.05) is 57.8 Å². The van der Waals surface area contributed by atoms with Gasteiger partial charge < -0.3 is 19.9 Å². The molecule has 1 spiro atoms. The van der Waals surface area contributed by atoms with Gasteiger partial charge in [-0.05, 0) is 6.07 Å². The molecule has 0 aliphatic carbocycles. The molecule has 0 radical (unpaired) electrons. The third-order valence-electron chi connectivity index (χ3n) is 6.46. The molecule has 34 heavy (non-hydrogen) atoms. The minimum absolute atomic E-state index is 0.0416. The third kappa shape index (κ3) is 3.80. The zero-order chi connectivity index (χ0) is 24.3. The number of carbonyl (C=O) groups excluding carboxylic acids is 2. The molecule has 1 N–H and O–H groups in total. The summed E-state index contributed by atoms with van der Waals surface area (Å²) >= 11 is 0.851. The van der Waals surface area contributed by atoms with Gasteiger partial charge in [-0.2, -0.15) is 18.4 Å². The number of nitriles is 1. The molecule has 3 aliphatic rings. The Balaban J connectivity index is 1.24. The molecule has 0 aromatic carbocycles. The highest BCUT2D eigenvalue weighted by atomic mass is 32.1. The lowest BCUT2D eigenvalue weighted by atomic mass is 9.73. The fourth-order valence-electron chi connectivity index (χ4n) is 4.72. The van der Waals surface area contributed by atoms with Gasteiger partial charge in [-0.3, -0.25) is 9.69 Å². The number of nitrogens with one attached hydrogen (secondary N) is 1. The van der Waals surface area contributed by atoms with E-state index in [9.17, 15) is 22.8 Å². The van der Waals surface area contributed by atoms with E-state index in [4.69, 9.17) is 10.00 Å². The van der Waals surface area contributed by atoms with Crippen LogP contribution in [0.1, 0.15) is 15.9 Å². The van der Waals surface area contributed by atoms with E-state index in [-0.39, 0.29) is 33.1 Å². The SMILES string of the molecule is CNC(=O)c1csc2c(C(F)(F)F)cc(N3CC4(CN(C(=O)OC5CN(CC#N)C5)C4)C3)nc12. The van der Waals surface area contributed by atoms with Crippen molar-refractivity contribution >= 4 is 39.4 Å². The molecule has 5 heterocycles. The van der Waals surface area contributed by atoms with E-state index in [1.807, 2.05) is 11.0 Å². The number of fused-ring (bicyclic) bond motifs is 1. The van der Waals surface area contributed by atoms with Crippen LogP contribution in [0, 0.1) is 16.7 Å². The number of anilines is 1. The summed E-state index contributed by atoms with van der Waals surface area (Å²) in [6.45, 7) is 3.25. The number of likely N-dealkylation sites (tertiary alicyclic amines) is 2. The predicted octanol–water partition coefficient (Wildman–Crippen LogP) is 2.14. The van der Waals surface area contributed by atoms with Crippen molar-refractivity contribution in [1.29, 1.82) is 5.26 Å². The van der Waals surface area contributed by atoms with E-state index in [0.29, 0.717) is 45.8 Å². The Morgan fingerprint density at radius 2 is 2.03 bits per heavy atom. The molecule has 0 atom stereocenters. The van der Waals surface area contributed by atoms with Crippen LogP contribution in [0.25, 0.3) is 10.2 Å². The average Bonchev–Trinajstić information content (AvgIpc) is 3.12. The van der Waals surface area contributed by atoms with Gasteiger partial charge in [0, 0.05) is 57.1 Å². The van der Waals surface area contributed by atoms with Gasteiger partial charge in [-0.1, -0.05) is 0 Å². The quantitative estimate of drug-likeness (QED) is 0.650. The van der Waals surface area contributed by atoms with Crippen LogP contribution in [0.2, 0.25) is 0 Å². The summed E-state index contributed by atoms with van der Waals surface area (Å²) in [6.07, 6.45) is -5.20. The Bertz CT molecular complexity index is 1190. The van der Waals surface area contributed by atoms with Crippen LogP contribution in [0.4, 0.5) is 23.8 Å². The van der Waals surface area contributed by atoms with Crippen molar-refractivity contribution in [1.82, 2.24) is 20.1 Å². The maximum atomic E-state index is 13.7. The zero-order valence-electron chi connectivity index (χ0n) is 18.2. The van der Waals surface area contributed by atoms with Crippen LogP contribution in [0.5, 0.6) is 0 Å². The van der Waals surface area contributed by atoms with E-state index in [2.05, 4.69) is 10.3 Å². The van der Waals surface area contributed by atoms with Crippen LogP contribution in [0.3, 0.4) is 0 Å². The van der Waals surface area contributed by atoms with E-state index < -0.39 is 23.7 Å². The van der Waals surface area contributed by atoms with Gasteiger partial charge in [0.2, 0.25) is 0 Å². The van der Waals surface area contributed by atoms with Gasteiger partial charge >= 0.3 is 12.3 Å². The summed E-state index contributed by atoms with van der Waals surface area (Å²) in [6, 6.07) is 3.08. The van der Waals surface area contributed by atoms with Crippen molar-refractivity contribution in [3.63, 3.8) is 0 Å². The van der Waals surface area contributed by atoms with E-state index in [1.165, 1.54) is 12.4 Å². The Kier molecular flexibility index (Phi) is 5.33. The number of thiophene rings is 1.